The molecule has 0 heterocycles. The van der Waals surface area contributed by atoms with E-state index < -0.39 is 0 Å². The van der Waals surface area contributed by atoms with Crippen LogP contribution >= 0.6 is 0 Å². The molecule has 0 bridgehead atoms. The highest BCUT2D eigenvalue weighted by atomic mass is 16.5. The smallest absolute Gasteiger partial charge is 0.221 e. The zero-order valence-electron chi connectivity index (χ0n) is 14.0. The Bertz CT molecular complexity index is 484. The number of hydrogen-bond acceptors (Lipinski definition) is 3. The van der Waals surface area contributed by atoms with E-state index in [2.05, 4.69) is 36.3 Å². The molecule has 1 N–H and O–H groups in total. The number of para-hydroxylation sites is 1. The van der Waals surface area contributed by atoms with E-state index in [-0.39, 0.29) is 11.9 Å². The largest absolute Gasteiger partial charge is 0.490 e. The van der Waals surface area contributed by atoms with Crippen molar-refractivity contribution in [1.29, 1.82) is 0 Å². The standard InChI is InChI=1S/C18H28N2O2/c1-14(12-18(21)19-2)20(3)13-15-8-4-7-11-17(15)22-16-9-5-6-10-16/h4,7-8,11,14,16H,5-6,9-10,12-13H2,1-3H3,(H,19,21). The molecule has 1 aromatic carbocycles. The number of carbonyl (C=O) groups excluding carboxylic acids is 1. The van der Waals surface area contributed by atoms with Crippen LogP contribution in [-0.2, 0) is 11.3 Å². The Morgan fingerprint density at radius 2 is 2.05 bits per heavy atom. The van der Waals surface area contributed by atoms with Crippen LogP contribution in [0.5, 0.6) is 5.75 Å². The van der Waals surface area contributed by atoms with Crippen molar-refractivity contribution in [2.45, 2.75) is 57.7 Å². The molecule has 1 aromatic rings. The fourth-order valence-electron chi connectivity index (χ4n) is 2.89. The molecular weight excluding hydrogens is 276 g/mol. The summed E-state index contributed by atoms with van der Waals surface area (Å²) in [5, 5.41) is 2.68. The molecule has 22 heavy (non-hydrogen) atoms. The molecule has 0 aromatic heterocycles. The van der Waals surface area contributed by atoms with Gasteiger partial charge in [-0.2, -0.15) is 0 Å². The Labute approximate surface area is 133 Å². The molecule has 2 rings (SSSR count). The van der Waals surface area contributed by atoms with Gasteiger partial charge in [0.1, 0.15) is 5.75 Å². The van der Waals surface area contributed by atoms with Gasteiger partial charge in [-0.3, -0.25) is 9.69 Å². The third kappa shape index (κ3) is 4.73. The number of benzene rings is 1. The van der Waals surface area contributed by atoms with Crippen LogP contribution in [0.1, 0.15) is 44.6 Å². The predicted molar refractivity (Wildman–Crippen MR) is 88.9 cm³/mol. The van der Waals surface area contributed by atoms with E-state index in [1.165, 1.54) is 18.4 Å². The molecule has 1 atom stereocenters. The van der Waals surface area contributed by atoms with Crippen molar-refractivity contribution in [3.8, 4) is 5.75 Å². The Balaban J connectivity index is 1.97. The number of carbonyl (C=O) groups is 1. The SMILES string of the molecule is CNC(=O)CC(C)N(C)Cc1ccccc1OC1CCCC1. The van der Waals surface area contributed by atoms with Gasteiger partial charge in [-0.15, -0.1) is 0 Å². The Kier molecular flexibility index (Phi) is 6.25. The lowest BCUT2D eigenvalue weighted by molar-refractivity contribution is -0.121. The van der Waals surface area contributed by atoms with Gasteiger partial charge in [0.25, 0.3) is 0 Å². The number of ether oxygens (including phenoxy) is 1. The van der Waals surface area contributed by atoms with Gasteiger partial charge in [0.2, 0.25) is 5.91 Å². The Morgan fingerprint density at radius 1 is 1.36 bits per heavy atom. The van der Waals surface area contributed by atoms with E-state index in [0.717, 1.165) is 25.1 Å². The van der Waals surface area contributed by atoms with Crippen LogP contribution in [-0.4, -0.2) is 37.0 Å². The third-order valence-corrected chi connectivity index (χ3v) is 4.50. The van der Waals surface area contributed by atoms with Crippen molar-refractivity contribution < 1.29 is 9.53 Å². The van der Waals surface area contributed by atoms with Crippen LogP contribution in [0, 0.1) is 0 Å². The molecule has 1 aliphatic rings. The summed E-state index contributed by atoms with van der Waals surface area (Å²) in [6.07, 6.45) is 5.76. The highest BCUT2D eigenvalue weighted by molar-refractivity contribution is 5.76. The fourth-order valence-corrected chi connectivity index (χ4v) is 2.89. The molecule has 1 saturated carbocycles. The molecule has 4 heteroatoms. The summed E-state index contributed by atoms with van der Waals surface area (Å²) in [4.78, 5) is 13.7. The summed E-state index contributed by atoms with van der Waals surface area (Å²) in [5.74, 6) is 1.07. The van der Waals surface area contributed by atoms with Gasteiger partial charge < -0.3 is 10.1 Å². The molecule has 1 unspecified atom stereocenters. The Morgan fingerprint density at radius 3 is 2.73 bits per heavy atom. The number of rotatable bonds is 7. The van der Waals surface area contributed by atoms with Crippen molar-refractivity contribution in [2.24, 2.45) is 0 Å². The first-order valence-electron chi connectivity index (χ1n) is 8.25. The molecule has 122 valence electrons. The molecule has 0 radical (unpaired) electrons. The van der Waals surface area contributed by atoms with E-state index in [1.54, 1.807) is 7.05 Å². The highest BCUT2D eigenvalue weighted by Crippen LogP contribution is 2.27. The summed E-state index contributed by atoms with van der Waals surface area (Å²) in [7, 11) is 3.74. The third-order valence-electron chi connectivity index (χ3n) is 4.50. The van der Waals surface area contributed by atoms with E-state index in [0.29, 0.717) is 12.5 Å². The van der Waals surface area contributed by atoms with Crippen molar-refractivity contribution >= 4 is 5.91 Å². The lowest BCUT2D eigenvalue weighted by atomic mass is 10.1. The molecule has 0 spiro atoms. The maximum absolute atomic E-state index is 11.5. The van der Waals surface area contributed by atoms with Crippen molar-refractivity contribution in [2.75, 3.05) is 14.1 Å². The first-order chi connectivity index (χ1) is 10.6. The summed E-state index contributed by atoms with van der Waals surface area (Å²) in [6, 6.07) is 8.45. The number of nitrogens with zero attached hydrogens (tertiary/aromatic N) is 1. The molecule has 1 aliphatic carbocycles. The summed E-state index contributed by atoms with van der Waals surface area (Å²) in [5.41, 5.74) is 1.20. The first-order valence-corrected chi connectivity index (χ1v) is 8.25. The van der Waals surface area contributed by atoms with E-state index in [4.69, 9.17) is 4.74 Å². The van der Waals surface area contributed by atoms with Gasteiger partial charge in [0.15, 0.2) is 0 Å². The van der Waals surface area contributed by atoms with Crippen LogP contribution in [0.2, 0.25) is 0 Å². The lowest BCUT2D eigenvalue weighted by Gasteiger charge is -2.25. The van der Waals surface area contributed by atoms with Crippen LogP contribution < -0.4 is 10.1 Å². The monoisotopic (exact) mass is 304 g/mol. The van der Waals surface area contributed by atoms with Crippen LogP contribution in [0.15, 0.2) is 24.3 Å². The highest BCUT2D eigenvalue weighted by Gasteiger charge is 2.19. The summed E-state index contributed by atoms with van der Waals surface area (Å²) >= 11 is 0. The van der Waals surface area contributed by atoms with Gasteiger partial charge in [-0.1, -0.05) is 18.2 Å². The van der Waals surface area contributed by atoms with Crippen LogP contribution in [0.3, 0.4) is 0 Å². The minimum atomic E-state index is 0.0786. The second-order valence-corrected chi connectivity index (χ2v) is 6.27. The second kappa shape index (κ2) is 8.18. The van der Waals surface area contributed by atoms with Gasteiger partial charge in [-0.25, -0.2) is 0 Å². The molecule has 4 nitrogen and oxygen atoms in total. The van der Waals surface area contributed by atoms with E-state index in [1.807, 2.05) is 12.1 Å². The van der Waals surface area contributed by atoms with Gasteiger partial charge >= 0.3 is 0 Å². The average Bonchev–Trinajstić information content (AvgIpc) is 3.02. The van der Waals surface area contributed by atoms with Crippen molar-refractivity contribution in [1.82, 2.24) is 10.2 Å². The average molecular weight is 304 g/mol. The topological polar surface area (TPSA) is 41.6 Å². The van der Waals surface area contributed by atoms with Gasteiger partial charge in [0.05, 0.1) is 6.10 Å². The maximum atomic E-state index is 11.5. The number of nitrogens with one attached hydrogen (secondary N) is 1. The number of hydrogen-bond donors (Lipinski definition) is 1. The fraction of sp³-hybridized carbons (Fsp3) is 0.611. The minimum Gasteiger partial charge on any atom is -0.490 e. The summed E-state index contributed by atoms with van der Waals surface area (Å²) < 4.78 is 6.18. The molecule has 1 amide bonds. The Hall–Kier alpha value is -1.55. The zero-order chi connectivity index (χ0) is 15.9. The normalized spacial score (nSPS) is 16.7. The zero-order valence-corrected chi connectivity index (χ0v) is 14.0. The van der Waals surface area contributed by atoms with Crippen molar-refractivity contribution in [3.63, 3.8) is 0 Å². The molecule has 0 aliphatic heterocycles. The number of amides is 1. The van der Waals surface area contributed by atoms with Crippen LogP contribution in [0.4, 0.5) is 0 Å². The molecular formula is C18H28N2O2. The van der Waals surface area contributed by atoms with E-state index >= 15 is 0 Å². The predicted octanol–water partition coefficient (Wildman–Crippen LogP) is 2.96. The van der Waals surface area contributed by atoms with Gasteiger partial charge in [0, 0.05) is 31.6 Å². The van der Waals surface area contributed by atoms with Gasteiger partial charge in [-0.05, 0) is 45.7 Å². The lowest BCUT2D eigenvalue weighted by Crippen LogP contribution is -2.34. The minimum absolute atomic E-state index is 0.0786. The molecule has 0 saturated heterocycles. The second-order valence-electron chi connectivity index (χ2n) is 6.27. The van der Waals surface area contributed by atoms with E-state index in [9.17, 15) is 4.79 Å². The quantitative estimate of drug-likeness (QED) is 0.842. The molecule has 1 fully saturated rings. The van der Waals surface area contributed by atoms with Crippen molar-refractivity contribution in [3.05, 3.63) is 29.8 Å². The maximum Gasteiger partial charge on any atom is 0.221 e. The van der Waals surface area contributed by atoms with Crippen LogP contribution in [0.25, 0.3) is 0 Å². The first kappa shape index (κ1) is 16.8. The summed E-state index contributed by atoms with van der Waals surface area (Å²) in [6.45, 7) is 2.87.